The fourth-order valence-electron chi connectivity index (χ4n) is 2.08. The molecule has 1 aromatic carbocycles. The van der Waals surface area contributed by atoms with E-state index >= 15 is 0 Å². The van der Waals surface area contributed by atoms with Crippen LogP contribution in [0.25, 0.3) is 0 Å². The minimum atomic E-state index is -1.00. The number of non-ortho nitro benzene ring substituents is 1. The van der Waals surface area contributed by atoms with Crippen molar-refractivity contribution in [3.8, 4) is 0 Å². The Labute approximate surface area is 122 Å². The summed E-state index contributed by atoms with van der Waals surface area (Å²) in [5.41, 5.74) is -0.895. The number of benzene rings is 1. The molecule has 0 aliphatic carbocycles. The lowest BCUT2D eigenvalue weighted by Gasteiger charge is -2.31. The van der Waals surface area contributed by atoms with Gasteiger partial charge in [-0.05, 0) is 18.9 Å². The summed E-state index contributed by atoms with van der Waals surface area (Å²) in [6.07, 6.45) is 0.716. The van der Waals surface area contributed by atoms with Crippen LogP contribution < -0.4 is 5.32 Å². The van der Waals surface area contributed by atoms with E-state index in [0.717, 1.165) is 0 Å². The topological polar surface area (TPSA) is 110 Å². The maximum absolute atomic E-state index is 12.2. The van der Waals surface area contributed by atoms with Crippen molar-refractivity contribution in [1.29, 1.82) is 0 Å². The molecule has 114 valence electrons. The fraction of sp³-hybridized carbons (Fsp3) is 0.429. The molecule has 21 heavy (non-hydrogen) atoms. The number of nitro groups is 1. The summed E-state index contributed by atoms with van der Waals surface area (Å²) in [4.78, 5) is 33.3. The van der Waals surface area contributed by atoms with E-state index in [0.29, 0.717) is 12.8 Å². The Hall–Kier alpha value is -2.44. The molecule has 0 atom stereocenters. The molecule has 1 rings (SSSR count). The van der Waals surface area contributed by atoms with Crippen LogP contribution in [0.1, 0.15) is 43.5 Å². The zero-order chi connectivity index (χ0) is 16.0. The molecule has 1 amide bonds. The van der Waals surface area contributed by atoms with Crippen molar-refractivity contribution in [2.75, 3.05) is 0 Å². The number of hydrogen-bond acceptors (Lipinski definition) is 4. The van der Waals surface area contributed by atoms with Gasteiger partial charge in [-0.2, -0.15) is 0 Å². The van der Waals surface area contributed by atoms with Crippen LogP contribution in [-0.2, 0) is 4.79 Å². The number of carbonyl (C=O) groups is 2. The Balaban J connectivity index is 2.99. The number of rotatable bonds is 7. The second-order valence-electron chi connectivity index (χ2n) is 4.82. The van der Waals surface area contributed by atoms with Gasteiger partial charge in [-0.15, -0.1) is 0 Å². The summed E-state index contributed by atoms with van der Waals surface area (Å²) in [5.74, 6) is -1.51. The van der Waals surface area contributed by atoms with Gasteiger partial charge in [0.25, 0.3) is 11.6 Å². The molecule has 0 saturated heterocycles. The van der Waals surface area contributed by atoms with E-state index in [1.165, 1.54) is 24.3 Å². The van der Waals surface area contributed by atoms with Crippen LogP contribution in [0.3, 0.4) is 0 Å². The van der Waals surface area contributed by atoms with Gasteiger partial charge in [0.05, 0.1) is 16.9 Å². The zero-order valence-electron chi connectivity index (χ0n) is 12.0. The van der Waals surface area contributed by atoms with Crippen molar-refractivity contribution in [3.63, 3.8) is 0 Å². The van der Waals surface area contributed by atoms with E-state index in [1.54, 1.807) is 13.8 Å². The van der Waals surface area contributed by atoms with Gasteiger partial charge in [-0.1, -0.05) is 19.9 Å². The van der Waals surface area contributed by atoms with Crippen molar-refractivity contribution in [2.24, 2.45) is 0 Å². The molecule has 2 N–H and O–H groups in total. The van der Waals surface area contributed by atoms with E-state index in [4.69, 9.17) is 5.11 Å². The molecule has 0 bridgehead atoms. The SMILES string of the molecule is CCC(CC)(CC(=O)O)NC(=O)c1cccc([N+](=O)[O-])c1. The molecule has 0 radical (unpaired) electrons. The summed E-state index contributed by atoms with van der Waals surface area (Å²) in [6.45, 7) is 3.58. The fourth-order valence-corrected chi connectivity index (χ4v) is 2.08. The Bertz CT molecular complexity index is 552. The van der Waals surface area contributed by atoms with Gasteiger partial charge in [0.2, 0.25) is 0 Å². The summed E-state index contributed by atoms with van der Waals surface area (Å²) in [5, 5.41) is 22.4. The van der Waals surface area contributed by atoms with Gasteiger partial charge in [0, 0.05) is 17.7 Å². The summed E-state index contributed by atoms with van der Waals surface area (Å²) in [7, 11) is 0. The highest BCUT2D eigenvalue weighted by atomic mass is 16.6. The predicted octanol–water partition coefficient (Wildman–Crippen LogP) is 2.36. The highest BCUT2D eigenvalue weighted by Gasteiger charge is 2.31. The van der Waals surface area contributed by atoms with E-state index in [2.05, 4.69) is 5.32 Å². The van der Waals surface area contributed by atoms with Gasteiger partial charge in [0.15, 0.2) is 0 Å². The molecule has 0 spiro atoms. The molecule has 7 nitrogen and oxygen atoms in total. The van der Waals surface area contributed by atoms with Gasteiger partial charge >= 0.3 is 5.97 Å². The maximum atomic E-state index is 12.2. The molecule has 0 aliphatic rings. The Kier molecular flexibility index (Phi) is 5.40. The van der Waals surface area contributed by atoms with Gasteiger partial charge in [0.1, 0.15) is 0 Å². The largest absolute Gasteiger partial charge is 0.481 e. The number of nitro benzene ring substituents is 1. The zero-order valence-corrected chi connectivity index (χ0v) is 12.0. The molecule has 0 aliphatic heterocycles. The predicted molar refractivity (Wildman–Crippen MR) is 76.1 cm³/mol. The van der Waals surface area contributed by atoms with E-state index in [-0.39, 0.29) is 17.7 Å². The summed E-state index contributed by atoms with van der Waals surface area (Å²) < 4.78 is 0. The van der Waals surface area contributed by atoms with Crippen molar-refractivity contribution in [2.45, 2.75) is 38.6 Å². The molecule has 7 heteroatoms. The highest BCUT2D eigenvalue weighted by Crippen LogP contribution is 2.21. The number of hydrogen-bond donors (Lipinski definition) is 2. The molecular weight excluding hydrogens is 276 g/mol. The monoisotopic (exact) mass is 294 g/mol. The first kappa shape index (κ1) is 16.6. The minimum absolute atomic E-state index is 0.140. The smallest absolute Gasteiger partial charge is 0.305 e. The number of nitrogens with one attached hydrogen (secondary N) is 1. The first-order valence-electron chi connectivity index (χ1n) is 6.62. The van der Waals surface area contributed by atoms with Gasteiger partial charge in [-0.3, -0.25) is 19.7 Å². The molecule has 0 unspecified atom stereocenters. The third-order valence-corrected chi connectivity index (χ3v) is 3.54. The third kappa shape index (κ3) is 4.27. The van der Waals surface area contributed by atoms with Crippen molar-refractivity contribution >= 4 is 17.6 Å². The van der Waals surface area contributed by atoms with Crippen LogP contribution in [0.2, 0.25) is 0 Å². The minimum Gasteiger partial charge on any atom is -0.481 e. The number of carboxylic acids is 1. The lowest BCUT2D eigenvalue weighted by atomic mass is 9.88. The Morgan fingerprint density at radius 3 is 2.43 bits per heavy atom. The number of amides is 1. The lowest BCUT2D eigenvalue weighted by molar-refractivity contribution is -0.384. The summed E-state index contributed by atoms with van der Waals surface area (Å²) >= 11 is 0. The highest BCUT2D eigenvalue weighted by molar-refractivity contribution is 5.95. The van der Waals surface area contributed by atoms with Gasteiger partial charge in [-0.25, -0.2) is 0 Å². The van der Waals surface area contributed by atoms with Crippen molar-refractivity contribution in [1.82, 2.24) is 5.32 Å². The number of nitrogens with zero attached hydrogens (tertiary/aromatic N) is 1. The molecule has 0 fully saturated rings. The molecular formula is C14H18N2O5. The second kappa shape index (κ2) is 6.83. The first-order valence-corrected chi connectivity index (χ1v) is 6.62. The second-order valence-corrected chi connectivity index (χ2v) is 4.82. The third-order valence-electron chi connectivity index (χ3n) is 3.54. The van der Waals surface area contributed by atoms with Crippen molar-refractivity contribution < 1.29 is 19.6 Å². The van der Waals surface area contributed by atoms with Crippen LogP contribution in [0.15, 0.2) is 24.3 Å². The number of carboxylic acid groups (broad SMARTS) is 1. The van der Waals surface area contributed by atoms with Crippen LogP contribution in [0, 0.1) is 10.1 Å². The quantitative estimate of drug-likeness (QED) is 0.592. The maximum Gasteiger partial charge on any atom is 0.305 e. The number of aliphatic carboxylic acids is 1. The molecule has 0 aromatic heterocycles. The van der Waals surface area contributed by atoms with E-state index in [1.807, 2.05) is 0 Å². The molecule has 1 aromatic rings. The first-order chi connectivity index (χ1) is 9.83. The van der Waals surface area contributed by atoms with E-state index in [9.17, 15) is 19.7 Å². The standard InChI is InChI=1S/C14H18N2O5/c1-3-14(4-2,9-12(17)18)15-13(19)10-6-5-7-11(8-10)16(20)21/h5-8H,3-4,9H2,1-2H3,(H,15,19)(H,17,18). The molecule has 0 saturated carbocycles. The van der Waals surface area contributed by atoms with Crippen molar-refractivity contribution in [3.05, 3.63) is 39.9 Å². The average Bonchev–Trinajstić information content (AvgIpc) is 2.46. The van der Waals surface area contributed by atoms with Crippen LogP contribution in [0.5, 0.6) is 0 Å². The molecule has 0 heterocycles. The van der Waals surface area contributed by atoms with Crippen LogP contribution >= 0.6 is 0 Å². The average molecular weight is 294 g/mol. The van der Waals surface area contributed by atoms with Gasteiger partial charge < -0.3 is 10.4 Å². The number of carbonyl (C=O) groups excluding carboxylic acids is 1. The lowest BCUT2D eigenvalue weighted by Crippen LogP contribution is -2.49. The van der Waals surface area contributed by atoms with E-state index < -0.39 is 22.3 Å². The Morgan fingerprint density at radius 2 is 1.95 bits per heavy atom. The normalized spacial score (nSPS) is 11.0. The summed E-state index contributed by atoms with van der Waals surface area (Å²) in [6, 6.07) is 5.34. The Morgan fingerprint density at radius 1 is 1.33 bits per heavy atom. The van der Waals surface area contributed by atoms with Crippen LogP contribution in [-0.4, -0.2) is 27.4 Å². The van der Waals surface area contributed by atoms with Crippen LogP contribution in [0.4, 0.5) is 5.69 Å².